The molecule has 1 aliphatic rings. The summed E-state index contributed by atoms with van der Waals surface area (Å²) in [4.78, 5) is 21.6. The highest BCUT2D eigenvalue weighted by Gasteiger charge is 2.21. The summed E-state index contributed by atoms with van der Waals surface area (Å²) in [7, 11) is 2.10. The Balaban J connectivity index is 1.45. The number of amides is 1. The van der Waals surface area contributed by atoms with Gasteiger partial charge < -0.3 is 19.9 Å². The molecule has 1 fully saturated rings. The molecule has 6 nitrogen and oxygen atoms in total. The van der Waals surface area contributed by atoms with E-state index in [1.165, 1.54) is 12.1 Å². The standard InChI is InChI=1S/C26H29FN4O2/c1-19(24-16-22(27)8-9-25(24)31-13-11-30(2)12-14-31)29-26(32)21-6-3-7-23(15-21)33-18-20-5-4-10-28-17-20/h3-10,15-17,19H,11-14,18H2,1-2H3,(H,29,32). The van der Waals surface area contributed by atoms with Crippen molar-refractivity contribution in [2.45, 2.75) is 19.6 Å². The summed E-state index contributed by atoms with van der Waals surface area (Å²) in [5.74, 6) is 0.0562. The van der Waals surface area contributed by atoms with Gasteiger partial charge in [0.2, 0.25) is 0 Å². The van der Waals surface area contributed by atoms with E-state index in [1.807, 2.05) is 31.2 Å². The molecule has 7 heteroatoms. The molecule has 0 saturated carbocycles. The van der Waals surface area contributed by atoms with Gasteiger partial charge in [-0.3, -0.25) is 9.78 Å². The van der Waals surface area contributed by atoms with Crippen LogP contribution in [0.5, 0.6) is 5.75 Å². The number of nitrogens with zero attached hydrogens (tertiary/aromatic N) is 3. The summed E-state index contributed by atoms with van der Waals surface area (Å²) in [6, 6.07) is 15.3. The summed E-state index contributed by atoms with van der Waals surface area (Å²) in [5, 5.41) is 3.02. The van der Waals surface area contributed by atoms with E-state index in [2.05, 4.69) is 27.1 Å². The number of piperazine rings is 1. The first-order valence-electron chi connectivity index (χ1n) is 11.1. The topological polar surface area (TPSA) is 57.7 Å². The number of aromatic nitrogens is 1. The van der Waals surface area contributed by atoms with Crippen LogP contribution in [0.1, 0.15) is 34.5 Å². The zero-order chi connectivity index (χ0) is 23.2. The summed E-state index contributed by atoms with van der Waals surface area (Å²) in [6.07, 6.45) is 3.46. The van der Waals surface area contributed by atoms with Crippen LogP contribution in [-0.2, 0) is 6.61 Å². The van der Waals surface area contributed by atoms with Gasteiger partial charge in [0.1, 0.15) is 18.2 Å². The number of hydrogen-bond donors (Lipinski definition) is 1. The number of likely N-dealkylation sites (N-methyl/N-ethyl adjacent to an activating group) is 1. The fourth-order valence-corrected chi connectivity index (χ4v) is 3.94. The van der Waals surface area contributed by atoms with Gasteiger partial charge in [0, 0.05) is 61.0 Å². The average molecular weight is 449 g/mol. The number of halogens is 1. The van der Waals surface area contributed by atoms with Gasteiger partial charge in [-0.2, -0.15) is 0 Å². The maximum absolute atomic E-state index is 14.1. The van der Waals surface area contributed by atoms with Gasteiger partial charge in [0.15, 0.2) is 0 Å². The molecule has 1 N–H and O–H groups in total. The van der Waals surface area contributed by atoms with Crippen molar-refractivity contribution in [2.75, 3.05) is 38.1 Å². The second kappa shape index (κ2) is 10.4. The third-order valence-corrected chi connectivity index (χ3v) is 5.87. The fraction of sp³-hybridized carbons (Fsp3) is 0.308. The van der Waals surface area contributed by atoms with Gasteiger partial charge in [-0.05, 0) is 56.4 Å². The number of rotatable bonds is 7. The lowest BCUT2D eigenvalue weighted by atomic mass is 10.0. The molecule has 2 heterocycles. The van der Waals surface area contributed by atoms with E-state index < -0.39 is 0 Å². The average Bonchev–Trinajstić information content (AvgIpc) is 2.84. The number of ether oxygens (including phenoxy) is 1. The van der Waals surface area contributed by atoms with Gasteiger partial charge in [-0.15, -0.1) is 0 Å². The lowest BCUT2D eigenvalue weighted by Crippen LogP contribution is -2.45. The maximum Gasteiger partial charge on any atom is 0.251 e. The number of benzene rings is 2. The summed E-state index contributed by atoms with van der Waals surface area (Å²) < 4.78 is 19.9. The van der Waals surface area contributed by atoms with Crippen molar-refractivity contribution in [1.29, 1.82) is 0 Å². The maximum atomic E-state index is 14.1. The van der Waals surface area contributed by atoms with Gasteiger partial charge in [-0.1, -0.05) is 12.1 Å². The SMILES string of the molecule is CC(NC(=O)c1cccc(OCc2cccnc2)c1)c1cc(F)ccc1N1CCN(C)CC1. The van der Waals surface area contributed by atoms with Crippen LogP contribution >= 0.6 is 0 Å². The van der Waals surface area contributed by atoms with E-state index in [-0.39, 0.29) is 17.8 Å². The molecule has 1 unspecified atom stereocenters. The Morgan fingerprint density at radius 1 is 1.12 bits per heavy atom. The third kappa shape index (κ3) is 5.87. The molecule has 1 atom stereocenters. The van der Waals surface area contributed by atoms with Crippen molar-refractivity contribution in [3.8, 4) is 5.75 Å². The first-order chi connectivity index (χ1) is 16.0. The van der Waals surface area contributed by atoms with E-state index in [0.717, 1.165) is 43.0 Å². The number of carbonyl (C=O) groups is 1. The van der Waals surface area contributed by atoms with Crippen LogP contribution < -0.4 is 15.0 Å². The van der Waals surface area contributed by atoms with Crippen LogP contribution in [0.3, 0.4) is 0 Å². The van der Waals surface area contributed by atoms with Crippen LogP contribution in [0.2, 0.25) is 0 Å². The van der Waals surface area contributed by atoms with Crippen LogP contribution in [0.4, 0.5) is 10.1 Å². The highest BCUT2D eigenvalue weighted by molar-refractivity contribution is 5.94. The third-order valence-electron chi connectivity index (χ3n) is 5.87. The highest BCUT2D eigenvalue weighted by atomic mass is 19.1. The number of carbonyl (C=O) groups excluding carboxylic acids is 1. The molecule has 0 spiro atoms. The van der Waals surface area contributed by atoms with Crippen molar-refractivity contribution < 1.29 is 13.9 Å². The number of nitrogens with one attached hydrogen (secondary N) is 1. The largest absolute Gasteiger partial charge is 0.489 e. The Labute approximate surface area is 194 Å². The smallest absolute Gasteiger partial charge is 0.251 e. The minimum atomic E-state index is -0.358. The molecule has 0 aliphatic carbocycles. The second-order valence-electron chi connectivity index (χ2n) is 8.37. The molecule has 0 radical (unpaired) electrons. The predicted molar refractivity (Wildman–Crippen MR) is 127 cm³/mol. The molecule has 1 saturated heterocycles. The molecule has 1 aromatic heterocycles. The molecule has 1 amide bonds. The van der Waals surface area contributed by atoms with E-state index in [9.17, 15) is 9.18 Å². The molecule has 0 bridgehead atoms. The zero-order valence-electron chi connectivity index (χ0n) is 19.0. The number of hydrogen-bond acceptors (Lipinski definition) is 5. The van der Waals surface area contributed by atoms with Crippen molar-refractivity contribution in [3.63, 3.8) is 0 Å². The van der Waals surface area contributed by atoms with Crippen LogP contribution in [-0.4, -0.2) is 49.0 Å². The lowest BCUT2D eigenvalue weighted by Gasteiger charge is -2.36. The Hall–Kier alpha value is -3.45. The molecule has 1 aliphatic heterocycles. The van der Waals surface area contributed by atoms with Gasteiger partial charge in [-0.25, -0.2) is 4.39 Å². The number of anilines is 1. The highest BCUT2D eigenvalue weighted by Crippen LogP contribution is 2.28. The number of pyridine rings is 1. The van der Waals surface area contributed by atoms with E-state index in [1.54, 1.807) is 30.6 Å². The van der Waals surface area contributed by atoms with Crippen LogP contribution in [0.15, 0.2) is 67.0 Å². The minimum Gasteiger partial charge on any atom is -0.489 e. The molecule has 4 rings (SSSR count). The summed E-state index contributed by atoms with van der Waals surface area (Å²) in [6.45, 7) is 5.88. The molecule has 2 aromatic carbocycles. The predicted octanol–water partition coefficient (Wildman–Crippen LogP) is 4.04. The zero-order valence-corrected chi connectivity index (χ0v) is 19.0. The molecular weight excluding hydrogens is 419 g/mol. The first kappa shape index (κ1) is 22.7. The van der Waals surface area contributed by atoms with Crippen LogP contribution in [0.25, 0.3) is 0 Å². The Morgan fingerprint density at radius 2 is 1.94 bits per heavy atom. The molecular formula is C26H29FN4O2. The quantitative estimate of drug-likeness (QED) is 0.591. The molecule has 172 valence electrons. The van der Waals surface area contributed by atoms with Crippen molar-refractivity contribution in [3.05, 3.63) is 89.5 Å². The Bertz CT molecular complexity index is 1080. The monoisotopic (exact) mass is 448 g/mol. The summed E-state index contributed by atoms with van der Waals surface area (Å²) in [5.41, 5.74) is 3.18. The lowest BCUT2D eigenvalue weighted by molar-refractivity contribution is 0.0939. The van der Waals surface area contributed by atoms with Gasteiger partial charge >= 0.3 is 0 Å². The minimum absolute atomic E-state index is 0.233. The van der Waals surface area contributed by atoms with Gasteiger partial charge in [0.05, 0.1) is 6.04 Å². The second-order valence-corrected chi connectivity index (χ2v) is 8.37. The van der Waals surface area contributed by atoms with E-state index in [0.29, 0.717) is 17.9 Å². The van der Waals surface area contributed by atoms with Crippen LogP contribution in [0, 0.1) is 5.82 Å². The first-order valence-corrected chi connectivity index (χ1v) is 11.1. The molecule has 3 aromatic rings. The van der Waals surface area contributed by atoms with Gasteiger partial charge in [0.25, 0.3) is 5.91 Å². The van der Waals surface area contributed by atoms with Crippen molar-refractivity contribution in [2.24, 2.45) is 0 Å². The van der Waals surface area contributed by atoms with Crippen molar-refractivity contribution >= 4 is 11.6 Å². The normalized spacial score (nSPS) is 15.2. The molecule has 33 heavy (non-hydrogen) atoms. The fourth-order valence-electron chi connectivity index (χ4n) is 3.94. The van der Waals surface area contributed by atoms with E-state index in [4.69, 9.17) is 4.74 Å². The van der Waals surface area contributed by atoms with Crippen molar-refractivity contribution in [1.82, 2.24) is 15.2 Å². The Kier molecular flexibility index (Phi) is 7.19. The summed E-state index contributed by atoms with van der Waals surface area (Å²) >= 11 is 0. The van der Waals surface area contributed by atoms with E-state index >= 15 is 0 Å². The Morgan fingerprint density at radius 3 is 2.70 bits per heavy atom.